The molecule has 128 valence electrons. The van der Waals surface area contributed by atoms with E-state index in [4.69, 9.17) is 0 Å². The molecule has 0 aliphatic carbocycles. The SMILES string of the molecule is Br.Br.CCCN1CCN(c2ncc(CCN(C)C=O)s2)CC1. The summed E-state index contributed by atoms with van der Waals surface area (Å²) in [5.41, 5.74) is 0. The van der Waals surface area contributed by atoms with Crippen LogP contribution in [-0.4, -0.2) is 67.5 Å². The average Bonchev–Trinajstić information content (AvgIpc) is 2.95. The fraction of sp³-hybridized carbons (Fsp3) is 0.714. The number of likely N-dealkylation sites (N-methyl/N-ethyl adjacent to an activating group) is 1. The zero-order valence-electron chi connectivity index (χ0n) is 13.2. The Hall–Kier alpha value is -0.180. The van der Waals surface area contributed by atoms with E-state index in [1.807, 2.05) is 13.2 Å². The number of hydrogen-bond acceptors (Lipinski definition) is 5. The first-order valence-electron chi connectivity index (χ1n) is 7.30. The van der Waals surface area contributed by atoms with Crippen molar-refractivity contribution in [1.29, 1.82) is 0 Å². The molecule has 0 unspecified atom stereocenters. The normalized spacial score (nSPS) is 14.9. The Morgan fingerprint density at radius 3 is 2.59 bits per heavy atom. The molecule has 0 bridgehead atoms. The summed E-state index contributed by atoms with van der Waals surface area (Å²) in [6.45, 7) is 8.61. The molecule has 1 fully saturated rings. The first kappa shape index (κ1) is 21.8. The standard InChI is InChI=1S/C14H24N4OS.2BrH/c1-3-5-17-7-9-18(10-8-17)14-15-11-13(20-14)4-6-16(2)12-19;;/h11-12H,3-10H2,1-2H3;2*1H. The molecule has 0 radical (unpaired) electrons. The summed E-state index contributed by atoms with van der Waals surface area (Å²) >= 11 is 1.76. The van der Waals surface area contributed by atoms with Gasteiger partial charge >= 0.3 is 0 Å². The lowest BCUT2D eigenvalue weighted by molar-refractivity contribution is -0.116. The molecule has 1 saturated heterocycles. The van der Waals surface area contributed by atoms with E-state index in [1.165, 1.54) is 17.8 Å². The highest BCUT2D eigenvalue weighted by atomic mass is 79.9. The van der Waals surface area contributed by atoms with E-state index in [1.54, 1.807) is 16.2 Å². The number of thiazole rings is 1. The van der Waals surface area contributed by atoms with E-state index in [-0.39, 0.29) is 34.0 Å². The van der Waals surface area contributed by atoms with Gasteiger partial charge in [-0.2, -0.15) is 0 Å². The predicted octanol–water partition coefficient (Wildman–Crippen LogP) is 2.46. The number of carbonyl (C=O) groups excluding carboxylic acids is 1. The molecule has 0 saturated carbocycles. The van der Waals surface area contributed by atoms with Crippen LogP contribution in [0.5, 0.6) is 0 Å². The molecule has 0 spiro atoms. The molecule has 1 aliphatic rings. The van der Waals surface area contributed by atoms with Gasteiger partial charge in [0.15, 0.2) is 5.13 Å². The molecule has 2 rings (SSSR count). The fourth-order valence-electron chi connectivity index (χ4n) is 2.38. The minimum absolute atomic E-state index is 0. The Balaban J connectivity index is 0.00000220. The van der Waals surface area contributed by atoms with Gasteiger partial charge < -0.3 is 9.80 Å². The Morgan fingerprint density at radius 1 is 1.32 bits per heavy atom. The number of hydrogen-bond donors (Lipinski definition) is 0. The summed E-state index contributed by atoms with van der Waals surface area (Å²) in [4.78, 5) is 22.9. The molecule has 8 heteroatoms. The first-order chi connectivity index (χ1) is 9.72. The Morgan fingerprint density at radius 2 is 2.00 bits per heavy atom. The van der Waals surface area contributed by atoms with Gasteiger partial charge in [0.2, 0.25) is 6.41 Å². The number of amides is 1. The first-order valence-corrected chi connectivity index (χ1v) is 8.12. The average molecular weight is 458 g/mol. The van der Waals surface area contributed by atoms with E-state index >= 15 is 0 Å². The van der Waals surface area contributed by atoms with Crippen LogP contribution in [0.2, 0.25) is 0 Å². The predicted molar refractivity (Wildman–Crippen MR) is 104 cm³/mol. The monoisotopic (exact) mass is 456 g/mol. The third-order valence-electron chi connectivity index (χ3n) is 3.61. The van der Waals surface area contributed by atoms with Crippen LogP contribution in [0, 0.1) is 0 Å². The Labute approximate surface area is 158 Å². The van der Waals surface area contributed by atoms with Crippen LogP contribution in [0.15, 0.2) is 6.20 Å². The van der Waals surface area contributed by atoms with Crippen LogP contribution in [0.25, 0.3) is 0 Å². The number of piperazine rings is 1. The Kier molecular flexibility index (Phi) is 11.3. The molecular weight excluding hydrogens is 432 g/mol. The van der Waals surface area contributed by atoms with Crippen molar-refractivity contribution < 1.29 is 4.79 Å². The van der Waals surface area contributed by atoms with Crippen molar-refractivity contribution >= 4 is 56.8 Å². The van der Waals surface area contributed by atoms with E-state index < -0.39 is 0 Å². The molecule has 1 amide bonds. The van der Waals surface area contributed by atoms with Gasteiger partial charge in [0.25, 0.3) is 0 Å². The zero-order chi connectivity index (χ0) is 14.4. The summed E-state index contributed by atoms with van der Waals surface area (Å²) in [5, 5.41) is 1.13. The molecular formula is C14H26Br2N4OS. The summed E-state index contributed by atoms with van der Waals surface area (Å²) in [6, 6.07) is 0. The maximum atomic E-state index is 10.6. The van der Waals surface area contributed by atoms with Crippen LogP contribution < -0.4 is 4.90 Å². The highest BCUT2D eigenvalue weighted by Gasteiger charge is 2.18. The van der Waals surface area contributed by atoms with Gasteiger partial charge in [-0.15, -0.1) is 45.3 Å². The number of aromatic nitrogens is 1. The molecule has 0 atom stereocenters. The Bertz CT molecular complexity index is 425. The van der Waals surface area contributed by atoms with Gasteiger partial charge in [0, 0.05) is 57.3 Å². The van der Waals surface area contributed by atoms with E-state index in [9.17, 15) is 4.79 Å². The maximum Gasteiger partial charge on any atom is 0.209 e. The summed E-state index contributed by atoms with van der Waals surface area (Å²) in [7, 11) is 1.81. The molecule has 0 aromatic carbocycles. The smallest absolute Gasteiger partial charge is 0.209 e. The maximum absolute atomic E-state index is 10.6. The van der Waals surface area contributed by atoms with Crippen molar-refractivity contribution in [3.05, 3.63) is 11.1 Å². The van der Waals surface area contributed by atoms with Gasteiger partial charge in [-0.3, -0.25) is 9.69 Å². The van der Waals surface area contributed by atoms with Gasteiger partial charge in [0.1, 0.15) is 0 Å². The van der Waals surface area contributed by atoms with Crippen LogP contribution >= 0.6 is 45.3 Å². The van der Waals surface area contributed by atoms with Crippen molar-refractivity contribution in [3.8, 4) is 0 Å². The highest BCUT2D eigenvalue weighted by molar-refractivity contribution is 8.93. The second-order valence-corrected chi connectivity index (χ2v) is 6.37. The largest absolute Gasteiger partial charge is 0.348 e. The van der Waals surface area contributed by atoms with Gasteiger partial charge in [-0.1, -0.05) is 6.92 Å². The number of carbonyl (C=O) groups is 1. The van der Waals surface area contributed by atoms with Crippen molar-refractivity contribution in [2.45, 2.75) is 19.8 Å². The van der Waals surface area contributed by atoms with Gasteiger partial charge in [0.05, 0.1) is 0 Å². The zero-order valence-corrected chi connectivity index (χ0v) is 17.5. The fourth-order valence-corrected chi connectivity index (χ4v) is 3.33. The number of rotatable bonds is 7. The van der Waals surface area contributed by atoms with Crippen LogP contribution in [-0.2, 0) is 11.2 Å². The molecule has 2 heterocycles. The minimum Gasteiger partial charge on any atom is -0.348 e. The molecule has 1 aliphatic heterocycles. The molecule has 1 aromatic heterocycles. The third-order valence-corrected chi connectivity index (χ3v) is 4.73. The quantitative estimate of drug-likeness (QED) is 0.589. The van der Waals surface area contributed by atoms with E-state index in [0.29, 0.717) is 0 Å². The molecule has 0 N–H and O–H groups in total. The topological polar surface area (TPSA) is 39.7 Å². The minimum atomic E-state index is 0. The van der Waals surface area contributed by atoms with E-state index in [2.05, 4.69) is 21.7 Å². The summed E-state index contributed by atoms with van der Waals surface area (Å²) in [6.07, 6.45) is 4.94. The lowest BCUT2D eigenvalue weighted by atomic mass is 10.3. The van der Waals surface area contributed by atoms with Crippen LogP contribution in [0.3, 0.4) is 0 Å². The number of nitrogens with zero attached hydrogens (tertiary/aromatic N) is 4. The lowest BCUT2D eigenvalue weighted by Gasteiger charge is -2.34. The summed E-state index contributed by atoms with van der Waals surface area (Å²) in [5.74, 6) is 0. The third kappa shape index (κ3) is 6.52. The summed E-state index contributed by atoms with van der Waals surface area (Å²) < 4.78 is 0. The second-order valence-electron chi connectivity index (χ2n) is 5.27. The molecule has 5 nitrogen and oxygen atoms in total. The molecule has 1 aromatic rings. The lowest BCUT2D eigenvalue weighted by Crippen LogP contribution is -2.46. The van der Waals surface area contributed by atoms with Gasteiger partial charge in [-0.25, -0.2) is 4.98 Å². The van der Waals surface area contributed by atoms with E-state index in [0.717, 1.165) is 50.7 Å². The van der Waals surface area contributed by atoms with Crippen molar-refractivity contribution in [1.82, 2.24) is 14.8 Å². The number of anilines is 1. The number of halogens is 2. The van der Waals surface area contributed by atoms with Crippen molar-refractivity contribution in [2.75, 3.05) is 51.2 Å². The van der Waals surface area contributed by atoms with Crippen LogP contribution in [0.1, 0.15) is 18.2 Å². The van der Waals surface area contributed by atoms with Crippen molar-refractivity contribution in [3.63, 3.8) is 0 Å². The van der Waals surface area contributed by atoms with Gasteiger partial charge in [-0.05, 0) is 13.0 Å². The second kappa shape index (κ2) is 11.4. The highest BCUT2D eigenvalue weighted by Crippen LogP contribution is 2.24. The van der Waals surface area contributed by atoms with Crippen molar-refractivity contribution in [2.24, 2.45) is 0 Å². The molecule has 22 heavy (non-hydrogen) atoms. The van der Waals surface area contributed by atoms with Crippen LogP contribution in [0.4, 0.5) is 5.13 Å².